The average Bonchev–Trinajstić information content (AvgIpc) is 3.03. The van der Waals surface area contributed by atoms with E-state index in [0.29, 0.717) is 12.4 Å². The van der Waals surface area contributed by atoms with Crippen molar-refractivity contribution in [3.63, 3.8) is 0 Å². The van der Waals surface area contributed by atoms with Crippen LogP contribution in [0.2, 0.25) is 0 Å². The Balaban J connectivity index is 1.73. The van der Waals surface area contributed by atoms with Gasteiger partial charge in [0.2, 0.25) is 10.0 Å². The molecular formula is C21H28N2O4S. The largest absolute Gasteiger partial charge is 0.493 e. The molecular weight excluding hydrogens is 376 g/mol. The van der Waals surface area contributed by atoms with Crippen molar-refractivity contribution in [2.45, 2.75) is 38.2 Å². The van der Waals surface area contributed by atoms with Gasteiger partial charge in [-0.15, -0.1) is 0 Å². The highest BCUT2D eigenvalue weighted by molar-refractivity contribution is 7.89. The molecule has 0 fully saturated rings. The number of rotatable bonds is 7. The highest BCUT2D eigenvalue weighted by atomic mass is 32.2. The lowest BCUT2D eigenvalue weighted by atomic mass is 10.0. The van der Waals surface area contributed by atoms with Crippen molar-refractivity contribution in [3.8, 4) is 5.75 Å². The second-order valence-electron chi connectivity index (χ2n) is 7.25. The molecule has 1 aliphatic heterocycles. The number of ether oxygens (including phenoxy) is 1. The zero-order valence-electron chi connectivity index (χ0n) is 16.8. The number of aliphatic hydroxyl groups is 1. The lowest BCUT2D eigenvalue weighted by molar-refractivity contribution is 0.182. The number of benzene rings is 2. The Labute approximate surface area is 167 Å². The van der Waals surface area contributed by atoms with Gasteiger partial charge < -0.3 is 14.7 Å². The molecule has 0 saturated heterocycles. The van der Waals surface area contributed by atoms with Crippen LogP contribution >= 0.6 is 0 Å². The van der Waals surface area contributed by atoms with Gasteiger partial charge in [-0.05, 0) is 67.6 Å². The van der Waals surface area contributed by atoms with Gasteiger partial charge in [-0.2, -0.15) is 0 Å². The molecule has 7 heteroatoms. The number of anilines is 1. The Hall–Kier alpha value is -2.09. The van der Waals surface area contributed by atoms with Crippen molar-refractivity contribution in [3.05, 3.63) is 52.6 Å². The van der Waals surface area contributed by atoms with Crippen molar-refractivity contribution in [2.75, 3.05) is 31.6 Å². The predicted molar refractivity (Wildman–Crippen MR) is 111 cm³/mol. The van der Waals surface area contributed by atoms with E-state index in [9.17, 15) is 13.5 Å². The molecule has 0 saturated carbocycles. The molecule has 0 aliphatic carbocycles. The van der Waals surface area contributed by atoms with Crippen molar-refractivity contribution < 1.29 is 18.3 Å². The zero-order chi connectivity index (χ0) is 20.5. The first-order valence-corrected chi connectivity index (χ1v) is 11.0. The Bertz CT molecular complexity index is 949. The van der Waals surface area contributed by atoms with Crippen LogP contribution in [0.25, 0.3) is 0 Å². The minimum absolute atomic E-state index is 0.0811. The van der Waals surface area contributed by atoms with Crippen LogP contribution in [0.4, 0.5) is 5.69 Å². The van der Waals surface area contributed by atoms with E-state index < -0.39 is 16.1 Å². The Kier molecular flexibility index (Phi) is 5.98. The maximum absolute atomic E-state index is 12.7. The van der Waals surface area contributed by atoms with Crippen LogP contribution in [-0.4, -0.2) is 40.3 Å². The lowest BCUT2D eigenvalue weighted by Crippen LogP contribution is -2.28. The third-order valence-electron chi connectivity index (χ3n) is 5.12. The summed E-state index contributed by atoms with van der Waals surface area (Å²) in [5.41, 5.74) is 4.60. The summed E-state index contributed by atoms with van der Waals surface area (Å²) in [7, 11) is -1.70. The topological polar surface area (TPSA) is 78.9 Å². The van der Waals surface area contributed by atoms with E-state index in [4.69, 9.17) is 4.74 Å². The minimum atomic E-state index is -3.73. The first-order chi connectivity index (χ1) is 13.2. The van der Waals surface area contributed by atoms with Gasteiger partial charge in [0.1, 0.15) is 5.75 Å². The van der Waals surface area contributed by atoms with Crippen LogP contribution in [0, 0.1) is 13.8 Å². The highest BCUT2D eigenvalue weighted by Gasteiger charge is 2.21. The quantitative estimate of drug-likeness (QED) is 0.742. The van der Waals surface area contributed by atoms with E-state index in [0.717, 1.165) is 35.3 Å². The monoisotopic (exact) mass is 404 g/mol. The third-order valence-corrected chi connectivity index (χ3v) is 6.52. The molecule has 3 rings (SSSR count). The zero-order valence-corrected chi connectivity index (χ0v) is 17.6. The number of likely N-dealkylation sites (N-methyl/N-ethyl adjacent to an activating group) is 1. The van der Waals surface area contributed by atoms with Gasteiger partial charge in [-0.3, -0.25) is 0 Å². The van der Waals surface area contributed by atoms with Gasteiger partial charge in [0.05, 0.1) is 17.6 Å². The summed E-state index contributed by atoms with van der Waals surface area (Å²) in [6.07, 6.45) is 0.0268. The number of hydrogen-bond donors (Lipinski definition) is 2. The van der Waals surface area contributed by atoms with Crippen molar-refractivity contribution >= 4 is 15.7 Å². The summed E-state index contributed by atoms with van der Waals surface area (Å²) in [5.74, 6) is 0.713. The molecule has 0 aromatic heterocycles. The number of nitrogens with one attached hydrogen (secondary N) is 1. The van der Waals surface area contributed by atoms with E-state index in [1.54, 1.807) is 12.1 Å². The summed E-state index contributed by atoms with van der Waals surface area (Å²) in [5, 5.41) is 10.5. The average molecular weight is 405 g/mol. The maximum atomic E-state index is 12.7. The van der Waals surface area contributed by atoms with E-state index >= 15 is 0 Å². The minimum Gasteiger partial charge on any atom is -0.493 e. The third kappa shape index (κ3) is 4.16. The fourth-order valence-corrected chi connectivity index (χ4v) is 4.83. The van der Waals surface area contributed by atoms with Crippen LogP contribution in [-0.2, 0) is 16.4 Å². The first kappa shape index (κ1) is 20.6. The summed E-state index contributed by atoms with van der Waals surface area (Å²) >= 11 is 0. The first-order valence-electron chi connectivity index (χ1n) is 9.48. The van der Waals surface area contributed by atoms with Gasteiger partial charge in [-0.25, -0.2) is 13.1 Å². The van der Waals surface area contributed by atoms with Crippen molar-refractivity contribution in [2.24, 2.45) is 0 Å². The van der Waals surface area contributed by atoms with Gasteiger partial charge >= 0.3 is 0 Å². The number of nitrogens with zero attached hydrogens (tertiary/aromatic N) is 1. The summed E-state index contributed by atoms with van der Waals surface area (Å²) in [4.78, 5) is 2.35. The van der Waals surface area contributed by atoms with Crippen LogP contribution < -0.4 is 14.4 Å². The van der Waals surface area contributed by atoms with Gasteiger partial charge in [0.25, 0.3) is 0 Å². The Morgan fingerprint density at radius 3 is 2.54 bits per heavy atom. The molecule has 2 aromatic rings. The highest BCUT2D eigenvalue weighted by Crippen LogP contribution is 2.30. The van der Waals surface area contributed by atoms with E-state index in [2.05, 4.69) is 9.62 Å². The lowest BCUT2D eigenvalue weighted by Gasteiger charge is -2.17. The molecule has 152 valence electrons. The van der Waals surface area contributed by atoms with Crippen LogP contribution in [0.5, 0.6) is 5.75 Å². The Morgan fingerprint density at radius 2 is 1.89 bits per heavy atom. The molecule has 1 atom stereocenters. The molecule has 1 unspecified atom stereocenters. The van der Waals surface area contributed by atoms with Crippen molar-refractivity contribution in [1.82, 2.24) is 4.72 Å². The molecule has 0 radical (unpaired) electrons. The SMILES string of the molecule is CCOc1c(C)cc(S(=O)(=O)NCC(O)c2ccc3c(c2)CCN3C)cc1C. The standard InChI is InChI=1S/C21H28N2O4S/c1-5-27-21-14(2)10-18(11-15(21)3)28(25,26)22-13-20(24)17-6-7-19-16(12-17)8-9-23(19)4/h6-7,10-12,20,22,24H,5,8-9,13H2,1-4H3. The predicted octanol–water partition coefficient (Wildman–Crippen LogP) is 2.71. The second kappa shape index (κ2) is 8.11. The molecule has 6 nitrogen and oxygen atoms in total. The smallest absolute Gasteiger partial charge is 0.240 e. The molecule has 1 aliphatic rings. The van der Waals surface area contributed by atoms with Gasteiger partial charge in [0, 0.05) is 25.8 Å². The number of aryl methyl sites for hydroxylation is 2. The summed E-state index contributed by atoms with van der Waals surface area (Å²) in [6, 6.07) is 8.98. The molecule has 2 N–H and O–H groups in total. The molecule has 2 aromatic carbocycles. The molecule has 0 amide bonds. The normalized spacial score (nSPS) is 14.8. The molecule has 28 heavy (non-hydrogen) atoms. The van der Waals surface area contributed by atoms with E-state index in [1.807, 2.05) is 46.0 Å². The number of hydrogen-bond acceptors (Lipinski definition) is 5. The fraction of sp³-hybridized carbons (Fsp3) is 0.429. The van der Waals surface area contributed by atoms with Crippen LogP contribution in [0.15, 0.2) is 35.2 Å². The number of sulfonamides is 1. The molecule has 0 bridgehead atoms. The summed E-state index contributed by atoms with van der Waals surface area (Å²) in [6.45, 7) is 6.94. The van der Waals surface area contributed by atoms with Crippen molar-refractivity contribution in [1.29, 1.82) is 0 Å². The fourth-order valence-electron chi connectivity index (χ4n) is 3.62. The number of fused-ring (bicyclic) bond motifs is 1. The van der Waals surface area contributed by atoms with Gasteiger partial charge in [-0.1, -0.05) is 12.1 Å². The second-order valence-corrected chi connectivity index (χ2v) is 9.01. The Morgan fingerprint density at radius 1 is 1.21 bits per heavy atom. The van der Waals surface area contributed by atoms with Crippen LogP contribution in [0.3, 0.4) is 0 Å². The summed E-state index contributed by atoms with van der Waals surface area (Å²) < 4.78 is 33.5. The maximum Gasteiger partial charge on any atom is 0.240 e. The molecule has 1 heterocycles. The van der Waals surface area contributed by atoms with Crippen LogP contribution in [0.1, 0.15) is 35.3 Å². The number of aliphatic hydroxyl groups excluding tert-OH is 1. The van der Waals surface area contributed by atoms with E-state index in [1.165, 1.54) is 5.56 Å². The molecule has 0 spiro atoms. The van der Waals surface area contributed by atoms with Gasteiger partial charge in [0.15, 0.2) is 0 Å². The van der Waals surface area contributed by atoms with E-state index in [-0.39, 0.29) is 11.4 Å².